The van der Waals surface area contributed by atoms with Gasteiger partial charge in [0, 0.05) is 14.2 Å². The third kappa shape index (κ3) is 3.04. The molecule has 0 radical (unpaired) electrons. The number of rotatable bonds is 5. The fourth-order valence-corrected chi connectivity index (χ4v) is 2.05. The van der Waals surface area contributed by atoms with Crippen LogP contribution in [0, 0.1) is 0 Å². The molecule has 0 aromatic carbocycles. The van der Waals surface area contributed by atoms with E-state index >= 15 is 0 Å². The number of allylic oxidation sites excluding steroid dienone is 1. The molecule has 0 aliphatic rings. The molecule has 1 N–H and O–H groups in total. The van der Waals surface area contributed by atoms with E-state index in [1.807, 2.05) is 0 Å². The van der Waals surface area contributed by atoms with Crippen molar-refractivity contribution in [3.63, 3.8) is 0 Å². The molecule has 0 aromatic rings. The minimum absolute atomic E-state index is 0.375. The van der Waals surface area contributed by atoms with Gasteiger partial charge in [0.25, 0.3) is 0 Å². The van der Waals surface area contributed by atoms with Crippen molar-refractivity contribution in [1.82, 2.24) is 0 Å². The van der Waals surface area contributed by atoms with E-state index in [-0.39, 0.29) is 5.78 Å². The Morgan fingerprint density at radius 1 is 1.46 bits per heavy atom. The van der Waals surface area contributed by atoms with Crippen molar-refractivity contribution in [2.24, 2.45) is 0 Å². The van der Waals surface area contributed by atoms with Crippen molar-refractivity contribution >= 4 is 14.3 Å². The lowest BCUT2D eigenvalue weighted by atomic mass is 10.4. The predicted octanol–water partition coefficient (Wildman–Crippen LogP) is 0.396. The molecule has 1 unspecified atom stereocenters. The maximum Gasteiger partial charge on any atom is 0.372 e. The normalized spacial score (nSPS) is 14.8. The summed E-state index contributed by atoms with van der Waals surface area (Å²) in [5, 5.41) is 9.58. The summed E-state index contributed by atoms with van der Waals surface area (Å²) in [6.07, 6.45) is 2.89. The smallest absolute Gasteiger partial charge is 0.372 e. The summed E-state index contributed by atoms with van der Waals surface area (Å²) in [5.41, 5.74) is -1.17. The molecule has 5 heteroatoms. The van der Waals surface area contributed by atoms with Crippen molar-refractivity contribution in [3.8, 4) is 0 Å². The molecule has 76 valence electrons. The van der Waals surface area contributed by atoms with Crippen LogP contribution in [0.25, 0.3) is 0 Å². The van der Waals surface area contributed by atoms with Gasteiger partial charge in [0.05, 0.1) is 0 Å². The Bertz CT molecular complexity index is 198. The summed E-state index contributed by atoms with van der Waals surface area (Å²) in [4.78, 5) is 11.2. The first-order chi connectivity index (χ1) is 6.01. The molecule has 0 heterocycles. The van der Waals surface area contributed by atoms with E-state index in [1.165, 1.54) is 20.3 Å². The van der Waals surface area contributed by atoms with Crippen LogP contribution in [-0.4, -0.2) is 39.4 Å². The van der Waals surface area contributed by atoms with Crippen LogP contribution in [0.3, 0.4) is 0 Å². The molecule has 0 aliphatic carbocycles. The van der Waals surface area contributed by atoms with Gasteiger partial charge in [-0.05, 0) is 19.5 Å². The highest BCUT2D eigenvalue weighted by molar-refractivity contribution is 6.71. The first kappa shape index (κ1) is 12.5. The monoisotopic (exact) mass is 204 g/mol. The zero-order chi connectivity index (χ0) is 10.5. The van der Waals surface area contributed by atoms with Crippen LogP contribution in [-0.2, 0) is 13.6 Å². The summed E-state index contributed by atoms with van der Waals surface area (Å²) >= 11 is 0. The van der Waals surface area contributed by atoms with Gasteiger partial charge in [-0.2, -0.15) is 0 Å². The summed E-state index contributed by atoms with van der Waals surface area (Å²) in [6.45, 7) is 3.35. The topological polar surface area (TPSA) is 55.8 Å². The summed E-state index contributed by atoms with van der Waals surface area (Å²) in [7, 11) is 0.119. The summed E-state index contributed by atoms with van der Waals surface area (Å²) < 4.78 is 10.1. The number of aliphatic hydroxyl groups excluding tert-OH is 1. The number of carbonyl (C=O) groups excluding carboxylic acids is 1. The second kappa shape index (κ2) is 5.28. The third-order valence-corrected chi connectivity index (χ3v) is 4.81. The Balaban J connectivity index is 4.54. The van der Waals surface area contributed by atoms with Gasteiger partial charge in [0.1, 0.15) is 0 Å². The average Bonchev–Trinajstić information content (AvgIpc) is 2.16. The van der Waals surface area contributed by atoms with Gasteiger partial charge >= 0.3 is 8.56 Å². The van der Waals surface area contributed by atoms with Crippen LogP contribution in [0.5, 0.6) is 0 Å². The molecule has 4 nitrogen and oxygen atoms in total. The first-order valence-electron chi connectivity index (χ1n) is 3.96. The van der Waals surface area contributed by atoms with Gasteiger partial charge in [0.2, 0.25) is 0 Å². The molecular weight excluding hydrogens is 188 g/mol. The standard InChI is InChI=1S/C8H16O4Si/c1-5-6-7(9)8(10)13(4,11-2)12-3/h5-6,8,10H,1-4H3. The number of hydrogen-bond donors (Lipinski definition) is 1. The molecule has 0 saturated heterocycles. The van der Waals surface area contributed by atoms with Crippen LogP contribution in [0.1, 0.15) is 6.92 Å². The molecule has 0 bridgehead atoms. The summed E-state index contributed by atoms with van der Waals surface area (Å²) in [6, 6.07) is 0. The Hall–Kier alpha value is -0.493. The highest BCUT2D eigenvalue weighted by Gasteiger charge is 2.42. The van der Waals surface area contributed by atoms with E-state index in [9.17, 15) is 9.90 Å². The van der Waals surface area contributed by atoms with Crippen LogP contribution < -0.4 is 0 Å². The molecule has 0 spiro atoms. The fourth-order valence-electron chi connectivity index (χ4n) is 0.820. The zero-order valence-electron chi connectivity index (χ0n) is 8.40. The van der Waals surface area contributed by atoms with Gasteiger partial charge in [-0.3, -0.25) is 4.79 Å². The molecule has 0 amide bonds. The summed E-state index contributed by atoms with van der Waals surface area (Å²) in [5.74, 6) is -0.375. The van der Waals surface area contributed by atoms with E-state index in [0.29, 0.717) is 0 Å². The maximum atomic E-state index is 11.2. The maximum absolute atomic E-state index is 11.2. The molecule has 0 fully saturated rings. The highest BCUT2D eigenvalue weighted by atomic mass is 28.4. The molecule has 1 atom stereocenters. The van der Waals surface area contributed by atoms with Crippen molar-refractivity contribution in [3.05, 3.63) is 12.2 Å². The molecule has 0 aliphatic heterocycles. The molecular formula is C8H16O4Si. The van der Waals surface area contributed by atoms with Crippen molar-refractivity contribution in [1.29, 1.82) is 0 Å². The quantitative estimate of drug-likeness (QED) is 0.520. The molecule has 0 aromatic heterocycles. The predicted molar refractivity (Wildman–Crippen MR) is 51.5 cm³/mol. The second-order valence-corrected chi connectivity index (χ2v) is 6.12. The lowest BCUT2D eigenvalue weighted by molar-refractivity contribution is -0.120. The van der Waals surface area contributed by atoms with E-state index in [1.54, 1.807) is 19.5 Å². The molecule has 0 rings (SSSR count). The Morgan fingerprint density at radius 3 is 2.23 bits per heavy atom. The fraction of sp³-hybridized carbons (Fsp3) is 0.625. The lowest BCUT2D eigenvalue weighted by Gasteiger charge is -2.26. The number of aliphatic hydroxyl groups is 1. The SMILES string of the molecule is CC=CC(=O)C(O)[Si](C)(OC)OC. The van der Waals surface area contributed by atoms with E-state index in [4.69, 9.17) is 8.85 Å². The zero-order valence-corrected chi connectivity index (χ0v) is 9.40. The van der Waals surface area contributed by atoms with Crippen LogP contribution >= 0.6 is 0 Å². The van der Waals surface area contributed by atoms with Gasteiger partial charge in [-0.25, -0.2) is 0 Å². The van der Waals surface area contributed by atoms with Crippen molar-refractivity contribution in [2.75, 3.05) is 14.2 Å². The Labute approximate surface area is 79.4 Å². The molecule has 0 saturated carbocycles. The number of hydrogen-bond acceptors (Lipinski definition) is 4. The molecule has 13 heavy (non-hydrogen) atoms. The minimum Gasteiger partial charge on any atom is -0.396 e. The Kier molecular flexibility index (Phi) is 5.08. The average molecular weight is 204 g/mol. The van der Waals surface area contributed by atoms with E-state index < -0.39 is 14.3 Å². The van der Waals surface area contributed by atoms with Gasteiger partial charge < -0.3 is 14.0 Å². The lowest BCUT2D eigenvalue weighted by Crippen LogP contribution is -2.52. The number of ketones is 1. The highest BCUT2D eigenvalue weighted by Crippen LogP contribution is 2.11. The number of carbonyl (C=O) groups is 1. The minimum atomic E-state index is -2.75. The van der Waals surface area contributed by atoms with E-state index in [2.05, 4.69) is 0 Å². The second-order valence-electron chi connectivity index (χ2n) is 2.73. The van der Waals surface area contributed by atoms with Gasteiger partial charge in [-0.1, -0.05) is 6.08 Å². The largest absolute Gasteiger partial charge is 0.396 e. The Morgan fingerprint density at radius 2 is 1.92 bits per heavy atom. The van der Waals surface area contributed by atoms with Crippen molar-refractivity contribution < 1.29 is 18.8 Å². The van der Waals surface area contributed by atoms with E-state index in [0.717, 1.165) is 0 Å². The first-order valence-corrected chi connectivity index (χ1v) is 6.36. The van der Waals surface area contributed by atoms with Crippen LogP contribution in [0.15, 0.2) is 12.2 Å². The van der Waals surface area contributed by atoms with Gasteiger partial charge in [-0.15, -0.1) is 0 Å². The van der Waals surface area contributed by atoms with Gasteiger partial charge in [0.15, 0.2) is 11.5 Å². The third-order valence-electron chi connectivity index (χ3n) is 1.91. The van der Waals surface area contributed by atoms with Crippen LogP contribution in [0.2, 0.25) is 6.55 Å². The van der Waals surface area contributed by atoms with Crippen molar-refractivity contribution in [2.45, 2.75) is 19.2 Å². The van der Waals surface area contributed by atoms with Crippen LogP contribution in [0.4, 0.5) is 0 Å².